The SMILES string of the molecule is COc1cccc(C(C)N2CCOC(CN)C2)c1.Cl. The minimum atomic E-state index is 0. The van der Waals surface area contributed by atoms with Crippen LogP contribution in [0.4, 0.5) is 0 Å². The van der Waals surface area contributed by atoms with Crippen LogP contribution in [0.2, 0.25) is 0 Å². The topological polar surface area (TPSA) is 47.7 Å². The molecule has 0 aliphatic carbocycles. The molecule has 1 saturated heterocycles. The first-order valence-corrected chi connectivity index (χ1v) is 6.44. The van der Waals surface area contributed by atoms with Crippen molar-refractivity contribution in [3.63, 3.8) is 0 Å². The molecular formula is C14H23ClN2O2. The first kappa shape index (κ1) is 16.2. The van der Waals surface area contributed by atoms with Crippen LogP contribution < -0.4 is 10.5 Å². The Hall–Kier alpha value is -0.810. The van der Waals surface area contributed by atoms with E-state index in [-0.39, 0.29) is 18.5 Å². The van der Waals surface area contributed by atoms with E-state index in [1.54, 1.807) is 7.11 Å². The van der Waals surface area contributed by atoms with E-state index in [9.17, 15) is 0 Å². The van der Waals surface area contributed by atoms with Gasteiger partial charge in [-0.05, 0) is 24.6 Å². The number of hydrogen-bond acceptors (Lipinski definition) is 4. The normalized spacial score (nSPS) is 21.5. The Morgan fingerprint density at radius 3 is 3.00 bits per heavy atom. The predicted molar refractivity (Wildman–Crippen MR) is 79.0 cm³/mol. The Morgan fingerprint density at radius 1 is 1.53 bits per heavy atom. The zero-order valence-electron chi connectivity index (χ0n) is 11.5. The molecule has 1 heterocycles. The molecule has 1 aliphatic rings. The number of nitrogens with two attached hydrogens (primary N) is 1. The molecule has 1 aliphatic heterocycles. The number of benzene rings is 1. The molecule has 0 bridgehead atoms. The lowest BCUT2D eigenvalue weighted by atomic mass is 10.1. The Balaban J connectivity index is 0.00000180. The molecule has 4 nitrogen and oxygen atoms in total. The van der Waals surface area contributed by atoms with Crippen molar-refractivity contribution in [3.05, 3.63) is 29.8 Å². The van der Waals surface area contributed by atoms with Gasteiger partial charge in [-0.15, -0.1) is 12.4 Å². The third-order valence-electron chi connectivity index (χ3n) is 3.56. The van der Waals surface area contributed by atoms with Crippen LogP contribution in [0.15, 0.2) is 24.3 Å². The largest absolute Gasteiger partial charge is 0.497 e. The van der Waals surface area contributed by atoms with Crippen LogP contribution in [0.3, 0.4) is 0 Å². The van der Waals surface area contributed by atoms with Crippen molar-refractivity contribution in [1.29, 1.82) is 0 Å². The van der Waals surface area contributed by atoms with Crippen molar-refractivity contribution < 1.29 is 9.47 Å². The van der Waals surface area contributed by atoms with E-state index < -0.39 is 0 Å². The van der Waals surface area contributed by atoms with Gasteiger partial charge in [-0.2, -0.15) is 0 Å². The van der Waals surface area contributed by atoms with Crippen molar-refractivity contribution in [2.24, 2.45) is 5.73 Å². The molecule has 2 atom stereocenters. The van der Waals surface area contributed by atoms with Crippen LogP contribution in [-0.4, -0.2) is 44.4 Å². The zero-order chi connectivity index (χ0) is 13.0. The number of hydrogen-bond donors (Lipinski definition) is 1. The Kier molecular flexibility index (Phi) is 6.58. The number of halogens is 1. The van der Waals surface area contributed by atoms with Crippen LogP contribution in [0.1, 0.15) is 18.5 Å². The number of methoxy groups -OCH3 is 1. The highest BCUT2D eigenvalue weighted by Crippen LogP contribution is 2.25. The minimum Gasteiger partial charge on any atom is -0.497 e. The molecule has 0 aromatic heterocycles. The molecule has 19 heavy (non-hydrogen) atoms. The maximum absolute atomic E-state index is 5.68. The van der Waals surface area contributed by atoms with Gasteiger partial charge >= 0.3 is 0 Å². The summed E-state index contributed by atoms with van der Waals surface area (Å²) in [7, 11) is 1.70. The summed E-state index contributed by atoms with van der Waals surface area (Å²) >= 11 is 0. The number of ether oxygens (including phenoxy) is 2. The molecule has 2 rings (SSSR count). The van der Waals surface area contributed by atoms with Crippen LogP contribution >= 0.6 is 12.4 Å². The average molecular weight is 287 g/mol. The van der Waals surface area contributed by atoms with E-state index in [0.717, 1.165) is 25.4 Å². The second-order valence-corrected chi connectivity index (χ2v) is 4.68. The summed E-state index contributed by atoms with van der Waals surface area (Å²) in [6.07, 6.45) is 0.159. The van der Waals surface area contributed by atoms with E-state index in [2.05, 4.69) is 24.0 Å². The fourth-order valence-corrected chi connectivity index (χ4v) is 2.35. The molecule has 0 spiro atoms. The van der Waals surface area contributed by atoms with E-state index in [0.29, 0.717) is 12.6 Å². The highest BCUT2D eigenvalue weighted by Gasteiger charge is 2.24. The highest BCUT2D eigenvalue weighted by atomic mass is 35.5. The maximum atomic E-state index is 5.68. The van der Waals surface area contributed by atoms with Crippen LogP contribution in [-0.2, 0) is 4.74 Å². The number of nitrogens with zero attached hydrogens (tertiary/aromatic N) is 1. The van der Waals surface area contributed by atoms with Crippen LogP contribution in [0.25, 0.3) is 0 Å². The molecule has 108 valence electrons. The third-order valence-corrected chi connectivity index (χ3v) is 3.56. The molecule has 0 amide bonds. The molecule has 1 aromatic carbocycles. The summed E-state index contributed by atoms with van der Waals surface area (Å²) in [6.45, 7) is 5.41. The number of rotatable bonds is 4. The highest BCUT2D eigenvalue weighted by molar-refractivity contribution is 5.85. The first-order chi connectivity index (χ1) is 8.74. The van der Waals surface area contributed by atoms with Gasteiger partial charge in [0.2, 0.25) is 0 Å². The molecule has 2 N–H and O–H groups in total. The van der Waals surface area contributed by atoms with Gasteiger partial charge in [0.25, 0.3) is 0 Å². The van der Waals surface area contributed by atoms with Crippen molar-refractivity contribution in [3.8, 4) is 5.75 Å². The lowest BCUT2D eigenvalue weighted by Crippen LogP contribution is -2.46. The molecule has 1 aromatic rings. The van der Waals surface area contributed by atoms with E-state index in [1.165, 1.54) is 5.56 Å². The Bertz CT molecular complexity index is 389. The lowest BCUT2D eigenvalue weighted by Gasteiger charge is -2.36. The molecule has 1 fully saturated rings. The quantitative estimate of drug-likeness (QED) is 0.917. The van der Waals surface area contributed by atoms with Gasteiger partial charge in [0.15, 0.2) is 0 Å². The van der Waals surface area contributed by atoms with Crippen LogP contribution in [0.5, 0.6) is 5.75 Å². The predicted octanol–water partition coefficient (Wildman–Crippen LogP) is 1.84. The third kappa shape index (κ3) is 4.08. The monoisotopic (exact) mass is 286 g/mol. The fourth-order valence-electron chi connectivity index (χ4n) is 2.35. The maximum Gasteiger partial charge on any atom is 0.119 e. The van der Waals surface area contributed by atoms with E-state index in [4.69, 9.17) is 15.2 Å². The van der Waals surface area contributed by atoms with Gasteiger partial charge in [0.05, 0.1) is 19.8 Å². The van der Waals surface area contributed by atoms with Gasteiger partial charge in [0, 0.05) is 25.7 Å². The van der Waals surface area contributed by atoms with Gasteiger partial charge < -0.3 is 15.2 Å². The molecule has 0 saturated carbocycles. The molecule has 2 unspecified atom stereocenters. The van der Waals surface area contributed by atoms with Gasteiger partial charge in [-0.25, -0.2) is 0 Å². The average Bonchev–Trinajstić information content (AvgIpc) is 2.46. The second kappa shape index (κ2) is 7.70. The summed E-state index contributed by atoms with van der Waals surface area (Å²) in [5, 5.41) is 0. The van der Waals surface area contributed by atoms with Crippen molar-refractivity contribution in [2.75, 3.05) is 33.4 Å². The summed E-state index contributed by atoms with van der Waals surface area (Å²) in [6, 6.07) is 8.60. The van der Waals surface area contributed by atoms with Crippen molar-refractivity contribution in [2.45, 2.75) is 19.1 Å². The fraction of sp³-hybridized carbons (Fsp3) is 0.571. The summed E-state index contributed by atoms with van der Waals surface area (Å²) in [4.78, 5) is 2.41. The van der Waals surface area contributed by atoms with Gasteiger partial charge in [0.1, 0.15) is 5.75 Å². The van der Waals surface area contributed by atoms with E-state index >= 15 is 0 Å². The second-order valence-electron chi connectivity index (χ2n) is 4.68. The smallest absolute Gasteiger partial charge is 0.119 e. The summed E-state index contributed by atoms with van der Waals surface area (Å²) in [5.74, 6) is 0.906. The minimum absolute atomic E-state index is 0. The molecular weight excluding hydrogens is 264 g/mol. The standard InChI is InChI=1S/C14H22N2O2.ClH/c1-11(12-4-3-5-13(8-12)17-2)16-6-7-18-14(9-15)10-16;/h3-5,8,11,14H,6-7,9-10,15H2,1-2H3;1H. The Labute approximate surface area is 121 Å². The van der Waals surface area contributed by atoms with Crippen LogP contribution in [0, 0.1) is 0 Å². The van der Waals surface area contributed by atoms with Crippen molar-refractivity contribution in [1.82, 2.24) is 4.90 Å². The summed E-state index contributed by atoms with van der Waals surface area (Å²) in [5.41, 5.74) is 6.95. The zero-order valence-corrected chi connectivity index (χ0v) is 12.4. The number of morpholine rings is 1. The Morgan fingerprint density at radius 2 is 2.32 bits per heavy atom. The van der Waals surface area contributed by atoms with Gasteiger partial charge in [-0.1, -0.05) is 12.1 Å². The van der Waals surface area contributed by atoms with Crippen molar-refractivity contribution >= 4 is 12.4 Å². The molecule has 0 radical (unpaired) electrons. The molecule has 5 heteroatoms. The first-order valence-electron chi connectivity index (χ1n) is 6.44. The van der Waals surface area contributed by atoms with Gasteiger partial charge in [-0.3, -0.25) is 4.90 Å². The summed E-state index contributed by atoms with van der Waals surface area (Å²) < 4.78 is 10.9. The van der Waals surface area contributed by atoms with E-state index in [1.807, 2.05) is 12.1 Å². The lowest BCUT2D eigenvalue weighted by molar-refractivity contribution is -0.0364.